The van der Waals surface area contributed by atoms with E-state index in [4.69, 9.17) is 0 Å². The van der Waals surface area contributed by atoms with E-state index in [1.165, 1.54) is 12.1 Å². The minimum atomic E-state index is -1.31. The van der Waals surface area contributed by atoms with Gasteiger partial charge in [-0.3, -0.25) is 19.7 Å². The van der Waals surface area contributed by atoms with E-state index in [1.54, 1.807) is 12.1 Å². The van der Waals surface area contributed by atoms with Crippen LogP contribution in [0.1, 0.15) is 56.2 Å². The topological polar surface area (TPSA) is 85.4 Å². The molecule has 0 radical (unpaired) electrons. The quantitative estimate of drug-likeness (QED) is 0.105. The number of hydrogen-bond acceptors (Lipinski definition) is 4. The lowest BCUT2D eigenvalue weighted by atomic mass is 9.57. The van der Waals surface area contributed by atoms with Crippen LogP contribution in [0.2, 0.25) is 0 Å². The van der Waals surface area contributed by atoms with E-state index in [0.717, 1.165) is 50.1 Å². The number of nitro groups is 1. The molecule has 1 aromatic heterocycles. The van der Waals surface area contributed by atoms with Gasteiger partial charge in [-0.2, -0.15) is 0 Å². The van der Waals surface area contributed by atoms with E-state index < -0.39 is 16.3 Å². The first-order valence-electron chi connectivity index (χ1n) is 16.2. The van der Waals surface area contributed by atoms with Gasteiger partial charge in [-0.05, 0) is 47.7 Å². The maximum absolute atomic E-state index is 15.6. The molecule has 0 bridgehead atoms. The van der Waals surface area contributed by atoms with Crippen LogP contribution >= 0.6 is 0 Å². The van der Waals surface area contributed by atoms with E-state index in [9.17, 15) is 10.1 Å². The number of benzene rings is 5. The van der Waals surface area contributed by atoms with Crippen molar-refractivity contribution in [3.8, 4) is 0 Å². The highest BCUT2D eigenvalue weighted by molar-refractivity contribution is 6.16. The monoisotopic (exact) mass is 631 g/mol. The number of aryl methyl sites for hydroxylation is 2. The molecular formula is C41H33N3O4. The van der Waals surface area contributed by atoms with Gasteiger partial charge in [0, 0.05) is 58.9 Å². The van der Waals surface area contributed by atoms with Crippen LogP contribution in [-0.4, -0.2) is 21.2 Å². The number of nitro benzene ring substituents is 1. The molecule has 7 heteroatoms. The Morgan fingerprint density at radius 1 is 0.854 bits per heavy atom. The van der Waals surface area contributed by atoms with Crippen molar-refractivity contribution in [3.63, 3.8) is 0 Å². The summed E-state index contributed by atoms with van der Waals surface area (Å²) in [6.07, 6.45) is 0.352. The number of carbonyl (C=O) groups is 2. The Labute approximate surface area is 278 Å². The van der Waals surface area contributed by atoms with Crippen LogP contribution in [0, 0.1) is 23.0 Å². The number of para-hydroxylation sites is 2. The first-order valence-corrected chi connectivity index (χ1v) is 16.2. The molecule has 8 rings (SSSR count). The number of amides is 1. The number of anilines is 1. The first kappa shape index (κ1) is 29.6. The number of fused-ring (bicyclic) bond motifs is 6. The summed E-state index contributed by atoms with van der Waals surface area (Å²) in [5.41, 5.74) is 6.54. The van der Waals surface area contributed by atoms with Crippen LogP contribution in [0.4, 0.5) is 11.4 Å². The van der Waals surface area contributed by atoms with Gasteiger partial charge in [-0.25, -0.2) is 0 Å². The van der Waals surface area contributed by atoms with Gasteiger partial charge in [0.2, 0.25) is 5.91 Å². The van der Waals surface area contributed by atoms with Gasteiger partial charge in [0.1, 0.15) is 5.41 Å². The van der Waals surface area contributed by atoms with Crippen LogP contribution in [0.25, 0.3) is 10.9 Å². The highest BCUT2D eigenvalue weighted by Gasteiger charge is 2.63. The van der Waals surface area contributed by atoms with E-state index in [0.29, 0.717) is 18.5 Å². The van der Waals surface area contributed by atoms with Gasteiger partial charge in [-0.1, -0.05) is 109 Å². The van der Waals surface area contributed by atoms with E-state index in [2.05, 4.69) is 16.7 Å². The average Bonchev–Trinajstić information content (AvgIpc) is 3.54. The van der Waals surface area contributed by atoms with Crippen LogP contribution in [0.15, 0.2) is 127 Å². The maximum Gasteiger partial charge on any atom is 0.269 e. The molecule has 0 unspecified atom stereocenters. The molecule has 3 atom stereocenters. The zero-order valence-corrected chi connectivity index (χ0v) is 26.7. The van der Waals surface area contributed by atoms with Crippen LogP contribution < -0.4 is 4.90 Å². The largest absolute Gasteiger partial charge is 0.346 e. The van der Waals surface area contributed by atoms with Crippen molar-refractivity contribution < 1.29 is 14.5 Å². The molecule has 2 heterocycles. The standard InChI is InChI=1S/C41H33N3O4/c1-26-16-18-29(19-17-26)38(45)34-24-32(28-20-22-30(23-21-28)44(47)48)37-31-12-6-8-14-35(31)42(2)39(37)41(34)33-13-7-9-15-36(33)43(40(41)46)25-27-10-4-3-5-11-27/h3-23,32,34H,24-25H2,1-2H3/t32-,34+,41-/m1/s1. The number of aromatic nitrogens is 1. The van der Waals surface area contributed by atoms with Crippen LogP contribution in [0.5, 0.6) is 0 Å². The molecule has 236 valence electrons. The minimum Gasteiger partial charge on any atom is -0.346 e. The molecule has 0 saturated heterocycles. The molecule has 48 heavy (non-hydrogen) atoms. The lowest BCUT2D eigenvalue weighted by molar-refractivity contribution is -0.384. The molecule has 1 aliphatic heterocycles. The molecular weight excluding hydrogens is 598 g/mol. The lowest BCUT2D eigenvalue weighted by Gasteiger charge is -2.44. The number of ketones is 1. The summed E-state index contributed by atoms with van der Waals surface area (Å²) in [5, 5.41) is 12.6. The van der Waals surface area contributed by atoms with Crippen molar-refractivity contribution in [1.82, 2.24) is 4.57 Å². The zero-order chi connectivity index (χ0) is 33.2. The second-order valence-electron chi connectivity index (χ2n) is 13.0. The third-order valence-corrected chi connectivity index (χ3v) is 10.4. The van der Waals surface area contributed by atoms with E-state index in [-0.39, 0.29) is 23.3 Å². The number of hydrogen-bond donors (Lipinski definition) is 0. The van der Waals surface area contributed by atoms with Gasteiger partial charge in [0.05, 0.1) is 11.5 Å². The summed E-state index contributed by atoms with van der Waals surface area (Å²) in [6, 6.07) is 40.2. The number of carbonyl (C=O) groups excluding carboxylic acids is 2. The van der Waals surface area contributed by atoms with Crippen molar-refractivity contribution in [2.45, 2.75) is 31.2 Å². The molecule has 0 saturated carbocycles. The van der Waals surface area contributed by atoms with Crippen LogP contribution in [-0.2, 0) is 23.8 Å². The van der Waals surface area contributed by atoms with Crippen molar-refractivity contribution in [3.05, 3.63) is 177 Å². The number of nitrogens with zero attached hydrogens (tertiary/aromatic N) is 3. The Morgan fingerprint density at radius 3 is 2.25 bits per heavy atom. The Balaban J connectivity index is 1.44. The van der Waals surface area contributed by atoms with Crippen molar-refractivity contribution in [2.24, 2.45) is 13.0 Å². The van der Waals surface area contributed by atoms with Crippen molar-refractivity contribution in [2.75, 3.05) is 4.90 Å². The molecule has 0 N–H and O–H groups in total. The minimum absolute atomic E-state index is 0.00732. The highest BCUT2D eigenvalue weighted by atomic mass is 16.6. The van der Waals surface area contributed by atoms with E-state index >= 15 is 9.59 Å². The lowest BCUT2D eigenvalue weighted by Crippen LogP contribution is -2.53. The number of rotatable bonds is 6. The third kappa shape index (κ3) is 4.27. The van der Waals surface area contributed by atoms with Crippen molar-refractivity contribution in [1.29, 1.82) is 0 Å². The summed E-state index contributed by atoms with van der Waals surface area (Å²) >= 11 is 0. The maximum atomic E-state index is 15.6. The summed E-state index contributed by atoms with van der Waals surface area (Å²) in [5.74, 6) is -1.26. The normalized spacial score (nSPS) is 19.8. The Hall–Kier alpha value is -5.82. The fourth-order valence-electron chi connectivity index (χ4n) is 8.27. The second kappa shape index (κ2) is 11.2. The van der Waals surface area contributed by atoms with Crippen molar-refractivity contribution >= 4 is 34.0 Å². The summed E-state index contributed by atoms with van der Waals surface area (Å²) in [7, 11) is 1.99. The second-order valence-corrected chi connectivity index (χ2v) is 13.0. The molecule has 1 spiro atoms. The molecule has 5 aromatic carbocycles. The smallest absolute Gasteiger partial charge is 0.269 e. The Morgan fingerprint density at radius 2 is 1.52 bits per heavy atom. The van der Waals surface area contributed by atoms with Gasteiger partial charge in [0.25, 0.3) is 5.69 Å². The number of Topliss-reactive ketones (excluding diaryl/α,β-unsaturated/α-hetero) is 1. The predicted molar refractivity (Wildman–Crippen MR) is 186 cm³/mol. The summed E-state index contributed by atoms with van der Waals surface area (Å²) in [6.45, 7) is 2.36. The third-order valence-electron chi connectivity index (χ3n) is 10.4. The fourth-order valence-corrected chi connectivity index (χ4v) is 8.27. The van der Waals surface area contributed by atoms with Gasteiger partial charge < -0.3 is 9.47 Å². The fraction of sp³-hybridized carbons (Fsp3) is 0.171. The SMILES string of the molecule is Cc1ccc(C(=O)[C@@H]2C[C@H](c3ccc([N+](=O)[O-])cc3)c3c(n(C)c4ccccc34)[C@]23C(=O)N(Cc2ccccc2)c2ccccc23)cc1. The molecule has 6 aromatic rings. The van der Waals surface area contributed by atoms with Gasteiger partial charge >= 0.3 is 0 Å². The van der Waals surface area contributed by atoms with Gasteiger partial charge in [0.15, 0.2) is 5.78 Å². The predicted octanol–water partition coefficient (Wildman–Crippen LogP) is 8.26. The summed E-state index contributed by atoms with van der Waals surface area (Å²) in [4.78, 5) is 43.7. The molecule has 1 amide bonds. The molecule has 0 fully saturated rings. The highest BCUT2D eigenvalue weighted by Crippen LogP contribution is 2.60. The van der Waals surface area contributed by atoms with E-state index in [1.807, 2.05) is 110 Å². The van der Waals surface area contributed by atoms with Gasteiger partial charge in [-0.15, -0.1) is 0 Å². The molecule has 7 nitrogen and oxygen atoms in total. The average molecular weight is 632 g/mol. The number of non-ortho nitro benzene ring substituents is 1. The van der Waals surface area contributed by atoms with Crippen LogP contribution in [0.3, 0.4) is 0 Å². The Kier molecular flexibility index (Phi) is 6.88. The first-order chi connectivity index (χ1) is 23.3. The zero-order valence-electron chi connectivity index (χ0n) is 26.7. The molecule has 1 aliphatic carbocycles. The summed E-state index contributed by atoms with van der Waals surface area (Å²) < 4.78 is 2.11. The Bertz CT molecular complexity index is 2240. The molecule has 2 aliphatic rings.